The normalized spacial score (nSPS) is 22.1. The quantitative estimate of drug-likeness (QED) is 0.541. The van der Waals surface area contributed by atoms with Gasteiger partial charge in [0.1, 0.15) is 5.75 Å². The number of aliphatic imine (C=N–C) groups is 1. The lowest BCUT2D eigenvalue weighted by Crippen LogP contribution is -2.38. The Morgan fingerprint density at radius 3 is 2.53 bits per heavy atom. The Kier molecular flexibility index (Phi) is 7.45. The monoisotopic (exact) mass is 521 g/mol. The molecule has 7 nitrogen and oxygen atoms in total. The molecular weight excluding hydrogens is 494 g/mol. The van der Waals surface area contributed by atoms with Crippen LogP contribution in [0.25, 0.3) is 0 Å². The number of carbonyl (C=O) groups excluding carboxylic acids is 1. The molecule has 0 radical (unpaired) electrons. The summed E-state index contributed by atoms with van der Waals surface area (Å²) in [5, 5.41) is 0.949. The number of sulfone groups is 1. The average molecular weight is 522 g/mol. The van der Waals surface area contributed by atoms with Gasteiger partial charge in [-0.15, -0.1) is 0 Å². The molecule has 10 heteroatoms. The summed E-state index contributed by atoms with van der Waals surface area (Å²) < 4.78 is 30.3. The summed E-state index contributed by atoms with van der Waals surface area (Å²) in [5.41, 5.74) is 2.99. The number of benzene rings is 2. The first-order chi connectivity index (χ1) is 16.2. The number of fused-ring (bicyclic) bond motifs is 1. The van der Waals surface area contributed by atoms with Crippen LogP contribution in [0.1, 0.15) is 19.4 Å². The predicted octanol–water partition coefficient (Wildman–Crippen LogP) is 4.18. The maximum atomic E-state index is 12.7. The first kappa shape index (κ1) is 24.9. The van der Waals surface area contributed by atoms with Crippen molar-refractivity contribution < 1.29 is 17.9 Å². The Hall–Kier alpha value is -2.23. The van der Waals surface area contributed by atoms with E-state index in [0.717, 1.165) is 30.0 Å². The summed E-state index contributed by atoms with van der Waals surface area (Å²) in [6, 6.07) is 12.7. The Morgan fingerprint density at radius 1 is 1.18 bits per heavy atom. The van der Waals surface area contributed by atoms with E-state index in [1.165, 1.54) is 11.8 Å². The van der Waals surface area contributed by atoms with Crippen molar-refractivity contribution >= 4 is 55.6 Å². The fraction of sp³-hybridized carbons (Fsp3) is 0.417. The molecule has 2 aliphatic rings. The van der Waals surface area contributed by atoms with Gasteiger partial charge in [0.2, 0.25) is 0 Å². The highest BCUT2D eigenvalue weighted by molar-refractivity contribution is 8.16. The molecule has 182 valence electrons. The number of aryl methyl sites for hydroxylation is 1. The van der Waals surface area contributed by atoms with Crippen molar-refractivity contribution in [3.8, 4) is 5.75 Å². The van der Waals surface area contributed by atoms with Gasteiger partial charge in [0.25, 0.3) is 5.91 Å². The molecular formula is C24H28ClN3O4S2. The number of carbonyl (C=O) groups is 1. The molecule has 2 fully saturated rings. The van der Waals surface area contributed by atoms with Crippen molar-refractivity contribution in [2.75, 3.05) is 41.0 Å². The van der Waals surface area contributed by atoms with Crippen LogP contribution in [0.15, 0.2) is 47.5 Å². The number of nitrogens with zero attached hydrogens (tertiary/aromatic N) is 3. The zero-order valence-corrected chi connectivity index (χ0v) is 21.8. The predicted molar refractivity (Wildman–Crippen MR) is 140 cm³/mol. The van der Waals surface area contributed by atoms with Crippen molar-refractivity contribution in [3.63, 3.8) is 0 Å². The molecule has 4 rings (SSSR count). The summed E-state index contributed by atoms with van der Waals surface area (Å²) in [5.74, 6) is 0.239. The number of hydrogen-bond acceptors (Lipinski definition) is 6. The lowest BCUT2D eigenvalue weighted by atomic mass is 10.1. The number of anilines is 2. The molecule has 0 saturated carbocycles. The van der Waals surface area contributed by atoms with Crippen LogP contribution in [-0.4, -0.2) is 62.0 Å². The van der Waals surface area contributed by atoms with E-state index in [2.05, 4.69) is 29.8 Å². The van der Waals surface area contributed by atoms with E-state index in [-0.39, 0.29) is 29.4 Å². The molecule has 0 bridgehead atoms. The van der Waals surface area contributed by atoms with Crippen LogP contribution in [0.4, 0.5) is 11.4 Å². The topological polar surface area (TPSA) is 79.3 Å². The van der Waals surface area contributed by atoms with Gasteiger partial charge in [0.15, 0.2) is 21.6 Å². The number of amidine groups is 1. The fourth-order valence-electron chi connectivity index (χ4n) is 4.36. The number of rotatable bonds is 7. The third-order valence-corrected chi connectivity index (χ3v) is 9.49. The third kappa shape index (κ3) is 5.37. The maximum Gasteiger partial charge on any atom is 0.285 e. The molecule has 1 amide bonds. The van der Waals surface area contributed by atoms with Crippen molar-refractivity contribution in [3.05, 3.63) is 53.1 Å². The molecule has 0 aromatic heterocycles. The molecule has 2 aromatic carbocycles. The van der Waals surface area contributed by atoms with Crippen LogP contribution in [-0.2, 0) is 14.6 Å². The van der Waals surface area contributed by atoms with Gasteiger partial charge in [-0.25, -0.2) is 8.42 Å². The highest BCUT2D eigenvalue weighted by Gasteiger charge is 2.49. The van der Waals surface area contributed by atoms with Gasteiger partial charge < -0.3 is 14.5 Å². The Labute approximate surface area is 210 Å². The molecule has 2 aliphatic heterocycles. The minimum atomic E-state index is -3.14. The first-order valence-corrected chi connectivity index (χ1v) is 14.3. The fourth-order valence-corrected chi connectivity index (χ4v) is 8.41. The molecule has 0 spiro atoms. The van der Waals surface area contributed by atoms with Gasteiger partial charge in [0.05, 0.1) is 17.5 Å². The third-order valence-electron chi connectivity index (χ3n) is 6.03. The second-order valence-corrected chi connectivity index (χ2v) is 12.1. The van der Waals surface area contributed by atoms with E-state index in [1.54, 1.807) is 24.3 Å². The molecule has 0 unspecified atom stereocenters. The minimum absolute atomic E-state index is 0.0520. The summed E-state index contributed by atoms with van der Waals surface area (Å²) in [4.78, 5) is 21.2. The maximum absolute atomic E-state index is 12.7. The second kappa shape index (κ2) is 10.2. The minimum Gasteiger partial charge on any atom is -0.484 e. The number of thioether (sulfide) groups is 1. The van der Waals surface area contributed by atoms with Crippen LogP contribution in [0, 0.1) is 6.92 Å². The van der Waals surface area contributed by atoms with Crippen molar-refractivity contribution in [1.82, 2.24) is 0 Å². The summed E-state index contributed by atoms with van der Waals surface area (Å²) >= 11 is 7.25. The zero-order chi connectivity index (χ0) is 24.5. The van der Waals surface area contributed by atoms with E-state index < -0.39 is 15.7 Å². The SMILES string of the molecule is CCN(CC)c1ccc(N2C(=NC(=O)COc3ccc(Cl)cc3)S[C@@H]3CS(=O)(=O)C[C@@H]32)c(C)c1. The molecule has 2 saturated heterocycles. The summed E-state index contributed by atoms with van der Waals surface area (Å²) in [6.45, 7) is 7.81. The number of halogens is 1. The van der Waals surface area contributed by atoms with Gasteiger partial charge >= 0.3 is 0 Å². The highest BCUT2D eigenvalue weighted by atomic mass is 35.5. The Balaban J connectivity index is 1.60. The van der Waals surface area contributed by atoms with E-state index >= 15 is 0 Å². The van der Waals surface area contributed by atoms with Gasteiger partial charge in [-0.1, -0.05) is 23.4 Å². The zero-order valence-electron chi connectivity index (χ0n) is 19.4. The molecule has 2 heterocycles. The lowest BCUT2D eigenvalue weighted by Gasteiger charge is -2.28. The first-order valence-electron chi connectivity index (χ1n) is 11.2. The van der Waals surface area contributed by atoms with E-state index in [9.17, 15) is 13.2 Å². The van der Waals surface area contributed by atoms with Crippen molar-refractivity contribution in [2.45, 2.75) is 32.1 Å². The summed E-state index contributed by atoms with van der Waals surface area (Å²) in [7, 11) is -3.14. The van der Waals surface area contributed by atoms with E-state index in [1.807, 2.05) is 24.0 Å². The Bertz CT molecular complexity index is 1200. The molecule has 2 atom stereocenters. The molecule has 0 aliphatic carbocycles. The average Bonchev–Trinajstić information content (AvgIpc) is 3.25. The van der Waals surface area contributed by atoms with Gasteiger partial charge in [0, 0.05) is 34.7 Å². The van der Waals surface area contributed by atoms with Crippen LogP contribution in [0.2, 0.25) is 5.02 Å². The van der Waals surface area contributed by atoms with E-state index in [0.29, 0.717) is 15.9 Å². The van der Waals surface area contributed by atoms with Gasteiger partial charge in [-0.05, 0) is 68.8 Å². The van der Waals surface area contributed by atoms with Crippen LogP contribution < -0.4 is 14.5 Å². The molecule has 0 N–H and O–H groups in total. The number of amides is 1. The van der Waals surface area contributed by atoms with Crippen LogP contribution in [0.3, 0.4) is 0 Å². The van der Waals surface area contributed by atoms with Crippen LogP contribution in [0.5, 0.6) is 5.75 Å². The molecule has 2 aromatic rings. The second-order valence-electron chi connectivity index (χ2n) is 8.34. The smallest absolute Gasteiger partial charge is 0.285 e. The number of hydrogen-bond donors (Lipinski definition) is 0. The highest BCUT2D eigenvalue weighted by Crippen LogP contribution is 2.42. The van der Waals surface area contributed by atoms with Crippen LogP contribution >= 0.6 is 23.4 Å². The molecule has 34 heavy (non-hydrogen) atoms. The van der Waals surface area contributed by atoms with E-state index in [4.69, 9.17) is 16.3 Å². The Morgan fingerprint density at radius 2 is 1.88 bits per heavy atom. The lowest BCUT2D eigenvalue weighted by molar-refractivity contribution is -0.119. The standard InChI is InChI=1S/C24H28ClN3O4S2/c1-4-27(5-2)18-8-11-20(16(3)12-18)28-21-14-34(30,31)15-22(21)33-24(28)26-23(29)13-32-19-9-6-17(25)7-10-19/h6-12,21-22H,4-5,13-15H2,1-3H3/t21-,22+/m0/s1. The van der Waals surface area contributed by atoms with Gasteiger partial charge in [-0.3, -0.25) is 4.79 Å². The van der Waals surface area contributed by atoms with Crippen molar-refractivity contribution in [2.24, 2.45) is 4.99 Å². The largest absolute Gasteiger partial charge is 0.484 e. The van der Waals surface area contributed by atoms with Gasteiger partial charge in [-0.2, -0.15) is 4.99 Å². The number of ether oxygens (including phenoxy) is 1. The summed E-state index contributed by atoms with van der Waals surface area (Å²) in [6.07, 6.45) is 0. The van der Waals surface area contributed by atoms with Crippen molar-refractivity contribution in [1.29, 1.82) is 0 Å².